The Morgan fingerprint density at radius 1 is 1.29 bits per heavy atom. The van der Waals surface area contributed by atoms with Crippen molar-refractivity contribution in [2.45, 2.75) is 12.8 Å². The molecule has 0 unspecified atom stereocenters. The molecule has 1 aromatic rings. The summed E-state index contributed by atoms with van der Waals surface area (Å²) in [5, 5.41) is 0. The van der Waals surface area contributed by atoms with E-state index in [0.717, 1.165) is 12.3 Å². The number of hydrogen-bond acceptors (Lipinski definition) is 4. The Balaban J connectivity index is 1.84. The van der Waals surface area contributed by atoms with Gasteiger partial charge >= 0.3 is 0 Å². The van der Waals surface area contributed by atoms with Crippen LogP contribution in [0.25, 0.3) is 0 Å². The molecule has 2 N–H and O–H groups in total. The van der Waals surface area contributed by atoms with Crippen LogP contribution in [0.4, 0.5) is 5.69 Å². The number of nitrogens with zero attached hydrogens (tertiary/aromatic N) is 1. The van der Waals surface area contributed by atoms with Crippen LogP contribution in [0.3, 0.4) is 0 Å². The molecule has 1 aliphatic rings. The lowest BCUT2D eigenvalue weighted by molar-refractivity contribution is 0.238. The van der Waals surface area contributed by atoms with Crippen molar-refractivity contribution in [2.75, 3.05) is 39.1 Å². The second-order valence-corrected chi connectivity index (χ2v) is 4.30. The summed E-state index contributed by atoms with van der Waals surface area (Å²) in [6.07, 6.45) is 2.61. The van der Waals surface area contributed by atoms with Crippen LogP contribution in [0.2, 0.25) is 0 Å². The van der Waals surface area contributed by atoms with Gasteiger partial charge in [-0.25, -0.2) is 0 Å². The highest BCUT2D eigenvalue weighted by Gasteiger charge is 2.11. The van der Waals surface area contributed by atoms with E-state index in [4.69, 9.17) is 15.2 Å². The predicted octanol–water partition coefficient (Wildman–Crippen LogP) is 1.75. The largest absolute Gasteiger partial charge is 0.497 e. The number of methoxy groups -OCH3 is 1. The van der Waals surface area contributed by atoms with E-state index >= 15 is 0 Å². The summed E-state index contributed by atoms with van der Waals surface area (Å²) in [7, 11) is 1.64. The lowest BCUT2D eigenvalue weighted by Gasteiger charge is -2.16. The van der Waals surface area contributed by atoms with E-state index in [1.54, 1.807) is 7.11 Å². The molecule has 17 heavy (non-hydrogen) atoms. The highest BCUT2D eigenvalue weighted by molar-refractivity contribution is 5.55. The summed E-state index contributed by atoms with van der Waals surface area (Å²) in [6.45, 7) is 4.03. The monoisotopic (exact) mass is 236 g/mol. The van der Waals surface area contributed by atoms with Crippen molar-refractivity contribution in [1.82, 2.24) is 4.90 Å². The van der Waals surface area contributed by atoms with Crippen LogP contribution >= 0.6 is 0 Å². The molecular weight excluding hydrogens is 216 g/mol. The van der Waals surface area contributed by atoms with Crippen molar-refractivity contribution < 1.29 is 9.47 Å². The Bertz CT molecular complexity index is 362. The van der Waals surface area contributed by atoms with E-state index in [2.05, 4.69) is 4.90 Å². The number of rotatable bonds is 5. The summed E-state index contributed by atoms with van der Waals surface area (Å²) < 4.78 is 10.8. The molecule has 0 aromatic heterocycles. The van der Waals surface area contributed by atoms with Crippen molar-refractivity contribution in [3.8, 4) is 11.5 Å². The van der Waals surface area contributed by atoms with Gasteiger partial charge in [0.25, 0.3) is 0 Å². The highest BCUT2D eigenvalue weighted by atomic mass is 16.5. The molecule has 1 heterocycles. The Hall–Kier alpha value is -1.42. The number of nitrogens with two attached hydrogens (primary N) is 1. The molecule has 1 aliphatic heterocycles. The first-order valence-corrected chi connectivity index (χ1v) is 6.08. The number of benzene rings is 1. The summed E-state index contributed by atoms with van der Waals surface area (Å²) in [5.74, 6) is 1.49. The maximum atomic E-state index is 5.84. The molecule has 0 aliphatic carbocycles. The van der Waals surface area contributed by atoms with Crippen LogP contribution in [0, 0.1) is 0 Å². The molecule has 0 atom stereocenters. The maximum absolute atomic E-state index is 5.84. The topological polar surface area (TPSA) is 47.7 Å². The second kappa shape index (κ2) is 5.77. The molecule has 1 fully saturated rings. The molecule has 0 saturated carbocycles. The molecule has 1 saturated heterocycles. The lowest BCUT2D eigenvalue weighted by Crippen LogP contribution is -2.25. The average Bonchev–Trinajstić information content (AvgIpc) is 2.84. The van der Waals surface area contributed by atoms with Crippen LogP contribution in [0.1, 0.15) is 12.8 Å². The zero-order chi connectivity index (χ0) is 12.1. The smallest absolute Gasteiger partial charge is 0.145 e. The predicted molar refractivity (Wildman–Crippen MR) is 68.6 cm³/mol. The molecule has 94 valence electrons. The lowest BCUT2D eigenvalue weighted by atomic mass is 10.3. The third-order valence-corrected chi connectivity index (χ3v) is 3.08. The van der Waals surface area contributed by atoms with E-state index in [1.807, 2.05) is 18.2 Å². The first kappa shape index (κ1) is 12.0. The van der Waals surface area contributed by atoms with Crippen LogP contribution in [-0.4, -0.2) is 38.3 Å². The second-order valence-electron chi connectivity index (χ2n) is 4.30. The Kier molecular flexibility index (Phi) is 4.09. The minimum Gasteiger partial charge on any atom is -0.497 e. The van der Waals surface area contributed by atoms with Crippen LogP contribution in [-0.2, 0) is 0 Å². The number of anilines is 1. The summed E-state index contributed by atoms with van der Waals surface area (Å²) in [5.41, 5.74) is 6.50. The van der Waals surface area contributed by atoms with Gasteiger partial charge in [0, 0.05) is 12.6 Å². The van der Waals surface area contributed by atoms with E-state index in [0.29, 0.717) is 18.0 Å². The SMILES string of the molecule is COc1ccc(N)c(OCCN2CCCC2)c1. The fraction of sp³-hybridized carbons (Fsp3) is 0.538. The van der Waals surface area contributed by atoms with Crippen molar-refractivity contribution in [3.05, 3.63) is 18.2 Å². The summed E-state index contributed by atoms with van der Waals surface area (Å²) in [4.78, 5) is 2.41. The summed E-state index contributed by atoms with van der Waals surface area (Å²) in [6, 6.07) is 5.48. The van der Waals surface area contributed by atoms with Gasteiger partial charge in [0.1, 0.15) is 18.1 Å². The van der Waals surface area contributed by atoms with E-state index in [9.17, 15) is 0 Å². The van der Waals surface area contributed by atoms with Crippen molar-refractivity contribution in [2.24, 2.45) is 0 Å². The molecule has 0 amide bonds. The highest BCUT2D eigenvalue weighted by Crippen LogP contribution is 2.26. The van der Waals surface area contributed by atoms with Crippen LogP contribution in [0.15, 0.2) is 18.2 Å². The number of nitrogen functional groups attached to an aromatic ring is 1. The Morgan fingerprint density at radius 2 is 2.06 bits per heavy atom. The van der Waals surface area contributed by atoms with Gasteiger partial charge in [0.2, 0.25) is 0 Å². The standard InChI is InChI=1S/C13H20N2O2/c1-16-11-4-5-12(14)13(10-11)17-9-8-15-6-2-3-7-15/h4-5,10H,2-3,6-9,14H2,1H3. The normalized spacial score (nSPS) is 16.1. The van der Waals surface area contributed by atoms with Gasteiger partial charge in [-0.1, -0.05) is 0 Å². The van der Waals surface area contributed by atoms with Crippen molar-refractivity contribution in [1.29, 1.82) is 0 Å². The molecule has 0 spiro atoms. The third-order valence-electron chi connectivity index (χ3n) is 3.08. The van der Waals surface area contributed by atoms with Crippen LogP contribution < -0.4 is 15.2 Å². The first-order valence-electron chi connectivity index (χ1n) is 6.08. The van der Waals surface area contributed by atoms with Gasteiger partial charge in [-0.15, -0.1) is 0 Å². The van der Waals surface area contributed by atoms with Crippen LogP contribution in [0.5, 0.6) is 11.5 Å². The van der Waals surface area contributed by atoms with Gasteiger partial charge in [0.05, 0.1) is 12.8 Å². The van der Waals surface area contributed by atoms with E-state index in [-0.39, 0.29) is 0 Å². The summed E-state index contributed by atoms with van der Waals surface area (Å²) >= 11 is 0. The molecule has 0 radical (unpaired) electrons. The van der Waals surface area contributed by atoms with Gasteiger partial charge in [-0.3, -0.25) is 4.90 Å². The van der Waals surface area contributed by atoms with Gasteiger partial charge in [-0.05, 0) is 38.1 Å². The third kappa shape index (κ3) is 3.27. The molecular formula is C13H20N2O2. The molecule has 0 bridgehead atoms. The number of ether oxygens (including phenoxy) is 2. The van der Waals surface area contributed by atoms with Gasteiger partial charge in [0.15, 0.2) is 0 Å². The average molecular weight is 236 g/mol. The molecule has 2 rings (SSSR count). The zero-order valence-corrected chi connectivity index (χ0v) is 10.3. The first-order chi connectivity index (χ1) is 8.29. The fourth-order valence-electron chi connectivity index (χ4n) is 2.06. The Labute approximate surface area is 102 Å². The minimum atomic E-state index is 0.659. The number of hydrogen-bond donors (Lipinski definition) is 1. The van der Waals surface area contributed by atoms with Gasteiger partial charge in [-0.2, -0.15) is 0 Å². The minimum absolute atomic E-state index is 0.659. The van der Waals surface area contributed by atoms with Gasteiger partial charge < -0.3 is 15.2 Å². The quantitative estimate of drug-likeness (QED) is 0.791. The van der Waals surface area contributed by atoms with Crippen molar-refractivity contribution in [3.63, 3.8) is 0 Å². The van der Waals surface area contributed by atoms with E-state index < -0.39 is 0 Å². The van der Waals surface area contributed by atoms with E-state index in [1.165, 1.54) is 25.9 Å². The Morgan fingerprint density at radius 3 is 2.76 bits per heavy atom. The molecule has 1 aromatic carbocycles. The molecule has 4 heteroatoms. The fourth-order valence-corrected chi connectivity index (χ4v) is 2.06. The maximum Gasteiger partial charge on any atom is 0.145 e. The molecule has 4 nitrogen and oxygen atoms in total. The van der Waals surface area contributed by atoms with Crippen molar-refractivity contribution >= 4 is 5.69 Å². The number of likely N-dealkylation sites (tertiary alicyclic amines) is 1. The zero-order valence-electron chi connectivity index (χ0n) is 10.3.